The van der Waals surface area contributed by atoms with Gasteiger partial charge >= 0.3 is 5.91 Å². The van der Waals surface area contributed by atoms with E-state index in [1.165, 1.54) is 18.2 Å². The second-order valence-corrected chi connectivity index (χ2v) is 9.74. The van der Waals surface area contributed by atoms with Gasteiger partial charge in [-0.3, -0.25) is 24.6 Å². The van der Waals surface area contributed by atoms with E-state index < -0.39 is 33.8 Å². The average molecular weight is 526 g/mol. The number of benzene rings is 2. The van der Waals surface area contributed by atoms with Gasteiger partial charge in [-0.1, -0.05) is 66.1 Å². The van der Waals surface area contributed by atoms with E-state index in [0.717, 1.165) is 9.37 Å². The lowest BCUT2D eigenvalue weighted by atomic mass is 9.93. The molecule has 1 fully saturated rings. The molecule has 9 nitrogen and oxygen atoms in total. The van der Waals surface area contributed by atoms with Crippen LogP contribution in [0.15, 0.2) is 69.2 Å². The number of ketones is 1. The van der Waals surface area contributed by atoms with Crippen LogP contribution in [0.25, 0.3) is 5.76 Å². The Morgan fingerprint density at radius 1 is 1.15 bits per heavy atom. The Hall–Kier alpha value is -3.79. The Balaban J connectivity index is 1.95. The van der Waals surface area contributed by atoms with Gasteiger partial charge in [-0.2, -0.15) is 0 Å². The van der Waals surface area contributed by atoms with Crippen LogP contribution in [0, 0.1) is 10.1 Å². The van der Waals surface area contributed by atoms with Gasteiger partial charge in [-0.15, -0.1) is 0 Å². The van der Waals surface area contributed by atoms with Gasteiger partial charge in [0.05, 0.1) is 16.5 Å². The quantitative estimate of drug-likeness (QED) is 0.161. The van der Waals surface area contributed by atoms with Crippen LogP contribution in [0.2, 0.25) is 0 Å². The molecule has 3 aromatic rings. The lowest BCUT2D eigenvalue weighted by Gasteiger charge is -2.22. The van der Waals surface area contributed by atoms with Gasteiger partial charge < -0.3 is 9.63 Å². The Kier molecular flexibility index (Phi) is 5.86. The molecule has 1 saturated heterocycles. The number of amides is 1. The van der Waals surface area contributed by atoms with Gasteiger partial charge in [0.15, 0.2) is 5.82 Å². The third-order valence-electron chi connectivity index (χ3n) is 5.44. The van der Waals surface area contributed by atoms with Crippen molar-refractivity contribution in [1.82, 2.24) is 5.16 Å². The molecule has 4 rings (SSSR count). The minimum absolute atomic E-state index is 0.0680. The molecule has 1 amide bonds. The molecule has 1 N–H and O–H groups in total. The lowest BCUT2D eigenvalue weighted by Crippen LogP contribution is -2.29. The maximum Gasteiger partial charge on any atom is 0.301 e. The number of non-ortho nitro benzene ring substituents is 1. The van der Waals surface area contributed by atoms with E-state index in [4.69, 9.17) is 4.52 Å². The number of rotatable bonds is 4. The minimum atomic E-state index is -1.15. The molecule has 10 heteroatoms. The number of aliphatic hydroxyl groups excluding tert-OH is 1. The van der Waals surface area contributed by atoms with Crippen molar-refractivity contribution in [2.45, 2.75) is 32.2 Å². The number of nitro benzene ring substituents is 1. The largest absolute Gasteiger partial charge is 0.507 e. The van der Waals surface area contributed by atoms with Crippen molar-refractivity contribution in [2.75, 3.05) is 4.90 Å². The van der Waals surface area contributed by atoms with Crippen LogP contribution >= 0.6 is 15.9 Å². The molecule has 0 saturated carbocycles. The molecule has 34 heavy (non-hydrogen) atoms. The molecule has 1 aliphatic rings. The second-order valence-electron chi connectivity index (χ2n) is 8.83. The Morgan fingerprint density at radius 3 is 2.41 bits per heavy atom. The van der Waals surface area contributed by atoms with Crippen molar-refractivity contribution in [2.24, 2.45) is 0 Å². The number of hydrogen-bond donors (Lipinski definition) is 1. The molecule has 1 atom stereocenters. The van der Waals surface area contributed by atoms with Gasteiger partial charge in [0.25, 0.3) is 11.5 Å². The predicted molar refractivity (Wildman–Crippen MR) is 127 cm³/mol. The fraction of sp³-hybridized carbons (Fsp3) is 0.208. The van der Waals surface area contributed by atoms with Gasteiger partial charge in [-0.25, -0.2) is 0 Å². The smallest absolute Gasteiger partial charge is 0.301 e. The summed E-state index contributed by atoms with van der Waals surface area (Å²) in [6.45, 7) is 5.70. The molecule has 0 aliphatic carbocycles. The summed E-state index contributed by atoms with van der Waals surface area (Å²) in [5, 5.41) is 26.5. The van der Waals surface area contributed by atoms with Crippen molar-refractivity contribution in [3.63, 3.8) is 0 Å². The highest BCUT2D eigenvalue weighted by Crippen LogP contribution is 2.43. The molecule has 1 unspecified atom stereocenters. The third kappa shape index (κ3) is 4.12. The zero-order valence-corrected chi connectivity index (χ0v) is 20.1. The molecular weight excluding hydrogens is 506 g/mol. The van der Waals surface area contributed by atoms with Gasteiger partial charge in [0.2, 0.25) is 0 Å². The highest BCUT2D eigenvalue weighted by atomic mass is 79.9. The molecular formula is C24H20BrN3O6. The summed E-state index contributed by atoms with van der Waals surface area (Å²) in [5.41, 5.74) is -0.257. The molecule has 1 aliphatic heterocycles. The van der Waals surface area contributed by atoms with Gasteiger partial charge in [0, 0.05) is 33.7 Å². The van der Waals surface area contributed by atoms with Crippen LogP contribution in [0.3, 0.4) is 0 Å². The van der Waals surface area contributed by atoms with Crippen molar-refractivity contribution in [3.8, 4) is 0 Å². The minimum Gasteiger partial charge on any atom is -0.507 e. The fourth-order valence-corrected chi connectivity index (χ4v) is 3.95. The number of carbonyl (C=O) groups excluding carboxylic acids is 2. The molecule has 0 spiro atoms. The first-order valence-electron chi connectivity index (χ1n) is 10.3. The monoisotopic (exact) mass is 525 g/mol. The molecule has 1 aromatic heterocycles. The number of carbonyl (C=O) groups is 2. The number of hydrogen-bond acceptors (Lipinski definition) is 7. The van der Waals surface area contributed by atoms with Crippen molar-refractivity contribution >= 4 is 44.9 Å². The Bertz CT molecular complexity index is 1340. The van der Waals surface area contributed by atoms with E-state index in [-0.39, 0.29) is 22.6 Å². The molecule has 174 valence electrons. The van der Waals surface area contributed by atoms with E-state index in [1.807, 2.05) is 20.8 Å². The maximum atomic E-state index is 13.2. The summed E-state index contributed by atoms with van der Waals surface area (Å²) in [7, 11) is 0. The topological polar surface area (TPSA) is 127 Å². The van der Waals surface area contributed by atoms with E-state index >= 15 is 0 Å². The molecule has 0 bridgehead atoms. The lowest BCUT2D eigenvalue weighted by molar-refractivity contribution is -0.384. The first-order valence-corrected chi connectivity index (χ1v) is 11.1. The first kappa shape index (κ1) is 23.4. The van der Waals surface area contributed by atoms with Crippen molar-refractivity contribution in [3.05, 3.63) is 91.6 Å². The van der Waals surface area contributed by atoms with Crippen LogP contribution < -0.4 is 4.90 Å². The zero-order valence-electron chi connectivity index (χ0n) is 18.5. The maximum absolute atomic E-state index is 13.2. The number of aromatic nitrogens is 1. The molecule has 2 aromatic carbocycles. The number of anilines is 1. The van der Waals surface area contributed by atoms with Crippen LogP contribution in [-0.4, -0.2) is 26.9 Å². The fourth-order valence-electron chi connectivity index (χ4n) is 3.69. The average Bonchev–Trinajstić information content (AvgIpc) is 3.37. The summed E-state index contributed by atoms with van der Waals surface area (Å²) in [6.07, 6.45) is 0. The van der Waals surface area contributed by atoms with E-state index in [0.29, 0.717) is 11.3 Å². The predicted octanol–water partition coefficient (Wildman–Crippen LogP) is 5.27. The summed E-state index contributed by atoms with van der Waals surface area (Å²) in [5.74, 6) is -1.71. The highest BCUT2D eigenvalue weighted by Gasteiger charge is 2.48. The zero-order chi connectivity index (χ0) is 24.8. The van der Waals surface area contributed by atoms with Crippen LogP contribution in [0.4, 0.5) is 11.5 Å². The van der Waals surface area contributed by atoms with Crippen LogP contribution in [-0.2, 0) is 15.0 Å². The number of Topliss-reactive ketones (excluding diaryl/α,β-unsaturated/α-hetero) is 1. The number of aliphatic hydroxyl groups is 1. The number of nitro groups is 1. The van der Waals surface area contributed by atoms with Gasteiger partial charge in [-0.05, 0) is 17.7 Å². The van der Waals surface area contributed by atoms with Gasteiger partial charge in [0.1, 0.15) is 11.5 Å². The Morgan fingerprint density at radius 2 is 1.82 bits per heavy atom. The van der Waals surface area contributed by atoms with E-state index in [1.54, 1.807) is 36.4 Å². The molecule has 0 radical (unpaired) electrons. The summed E-state index contributed by atoms with van der Waals surface area (Å²) < 4.78 is 6.18. The standard InChI is InChI=1S/C24H20BrN3O6/c1-24(2,3)17-12-18(26-34-17)27-20(14-5-4-6-16(11-14)28(32)33)19(22(30)23(27)31)21(29)13-7-9-15(25)10-8-13/h4-12,20,29H,1-3H3/b21-19+. The highest BCUT2D eigenvalue weighted by molar-refractivity contribution is 9.10. The summed E-state index contributed by atoms with van der Waals surface area (Å²) >= 11 is 3.32. The van der Waals surface area contributed by atoms with Crippen molar-refractivity contribution in [1.29, 1.82) is 0 Å². The first-order chi connectivity index (χ1) is 16.0. The van der Waals surface area contributed by atoms with Crippen LogP contribution in [0.5, 0.6) is 0 Å². The summed E-state index contributed by atoms with van der Waals surface area (Å²) in [4.78, 5) is 38.3. The SMILES string of the molecule is CC(C)(C)c1cc(N2C(=O)C(=O)/C(=C(/O)c3ccc(Br)cc3)C2c2cccc([N+](=O)[O-])c2)no1. The van der Waals surface area contributed by atoms with E-state index in [9.17, 15) is 24.8 Å². The van der Waals surface area contributed by atoms with Crippen LogP contribution in [0.1, 0.15) is 43.7 Å². The third-order valence-corrected chi connectivity index (χ3v) is 5.97. The van der Waals surface area contributed by atoms with Crippen molar-refractivity contribution < 1.29 is 24.1 Å². The Labute approximate surface area is 202 Å². The normalized spacial score (nSPS) is 17.9. The second kappa shape index (κ2) is 8.53. The van der Waals surface area contributed by atoms with E-state index in [2.05, 4.69) is 21.1 Å². The number of halogens is 1. The molecule has 2 heterocycles. The summed E-state index contributed by atoms with van der Waals surface area (Å²) in [6, 6.07) is 12.5. The number of nitrogens with zero attached hydrogens (tertiary/aromatic N) is 3.